The molecule has 0 saturated heterocycles. The molecule has 7 heteroatoms. The number of nitrogens with one attached hydrogen (secondary N) is 1. The zero-order valence-electron chi connectivity index (χ0n) is 26.2. The Bertz CT molecular complexity index is 1580. The number of methoxy groups -OCH3 is 1. The van der Waals surface area contributed by atoms with Gasteiger partial charge in [-0.25, -0.2) is 4.79 Å². The SMILES string of the molecule is COc1ccc(C2c3cccn3-c3ccccc3N2C(=O)CN(C(=O)Nc2c(C(C)C)cccc2C(C)C)C(C)C)cc1. The standard InChI is InChI=1S/C36H42N4O3/c1-23(2)28-12-10-13-29(24(3)4)34(28)37-36(42)39(25(5)6)22-33(41)40-31-15-9-8-14-30(31)38-21-11-16-32(38)35(40)26-17-19-27(43-7)20-18-26/h8-21,23-25,35H,22H2,1-7H3,(H,37,42). The summed E-state index contributed by atoms with van der Waals surface area (Å²) >= 11 is 0. The van der Waals surface area contributed by atoms with Crippen molar-refractivity contribution in [1.29, 1.82) is 0 Å². The van der Waals surface area contributed by atoms with Gasteiger partial charge in [0.25, 0.3) is 0 Å². The van der Waals surface area contributed by atoms with Crippen molar-refractivity contribution >= 4 is 23.3 Å². The lowest BCUT2D eigenvalue weighted by Crippen LogP contribution is -2.49. The second-order valence-electron chi connectivity index (χ2n) is 12.0. The number of nitrogens with zero attached hydrogens (tertiary/aromatic N) is 3. The van der Waals surface area contributed by atoms with Gasteiger partial charge in [0.15, 0.2) is 0 Å². The highest BCUT2D eigenvalue weighted by atomic mass is 16.5. The van der Waals surface area contributed by atoms with Gasteiger partial charge < -0.3 is 19.5 Å². The predicted molar refractivity (Wildman–Crippen MR) is 174 cm³/mol. The first-order valence-corrected chi connectivity index (χ1v) is 15.0. The molecule has 4 aromatic rings. The zero-order valence-corrected chi connectivity index (χ0v) is 26.2. The summed E-state index contributed by atoms with van der Waals surface area (Å²) in [5.74, 6) is 1.05. The van der Waals surface area contributed by atoms with E-state index in [4.69, 9.17) is 4.74 Å². The minimum absolute atomic E-state index is 0.0773. The topological polar surface area (TPSA) is 66.8 Å². The quantitative estimate of drug-likeness (QED) is 0.230. The van der Waals surface area contributed by atoms with Gasteiger partial charge in [-0.15, -0.1) is 0 Å². The molecule has 43 heavy (non-hydrogen) atoms. The number of urea groups is 1. The molecule has 5 rings (SSSR count). The van der Waals surface area contributed by atoms with Crippen LogP contribution >= 0.6 is 0 Å². The van der Waals surface area contributed by atoms with E-state index in [1.54, 1.807) is 12.0 Å². The number of aromatic nitrogens is 1. The van der Waals surface area contributed by atoms with E-state index in [2.05, 4.69) is 49.7 Å². The highest BCUT2D eigenvalue weighted by molar-refractivity contribution is 6.02. The summed E-state index contributed by atoms with van der Waals surface area (Å²) in [7, 11) is 1.64. The van der Waals surface area contributed by atoms with Gasteiger partial charge in [-0.05, 0) is 78.8 Å². The van der Waals surface area contributed by atoms with Gasteiger partial charge in [-0.1, -0.05) is 70.2 Å². The average Bonchev–Trinajstić information content (AvgIpc) is 3.49. The molecular weight excluding hydrogens is 536 g/mol. The highest BCUT2D eigenvalue weighted by Crippen LogP contribution is 2.42. The van der Waals surface area contributed by atoms with Crippen molar-refractivity contribution in [2.24, 2.45) is 0 Å². The molecule has 0 spiro atoms. The molecule has 224 valence electrons. The smallest absolute Gasteiger partial charge is 0.322 e. The van der Waals surface area contributed by atoms with E-state index in [0.717, 1.165) is 45.2 Å². The van der Waals surface area contributed by atoms with Crippen LogP contribution in [0.4, 0.5) is 16.2 Å². The maximum absolute atomic E-state index is 14.5. The predicted octanol–water partition coefficient (Wildman–Crippen LogP) is 8.11. The number of amides is 3. The Kier molecular flexibility index (Phi) is 8.62. The number of para-hydroxylation sites is 3. The number of hydrogen-bond donors (Lipinski definition) is 1. The molecular formula is C36H42N4O3. The Balaban J connectivity index is 1.52. The van der Waals surface area contributed by atoms with E-state index in [0.29, 0.717) is 0 Å². The number of carbonyl (C=O) groups is 2. The van der Waals surface area contributed by atoms with Crippen LogP contribution in [0.25, 0.3) is 5.69 Å². The van der Waals surface area contributed by atoms with Crippen molar-refractivity contribution in [2.45, 2.75) is 65.5 Å². The average molecular weight is 579 g/mol. The molecule has 0 saturated carbocycles. The number of carbonyl (C=O) groups excluding carboxylic acids is 2. The van der Waals surface area contributed by atoms with Gasteiger partial charge in [0, 0.05) is 17.9 Å². The molecule has 3 aromatic carbocycles. The summed E-state index contributed by atoms with van der Waals surface area (Å²) in [6.45, 7) is 12.3. The Hall–Kier alpha value is -4.52. The molecule has 1 atom stereocenters. The van der Waals surface area contributed by atoms with Crippen molar-refractivity contribution in [3.63, 3.8) is 0 Å². The number of rotatable bonds is 8. The number of fused-ring (bicyclic) bond motifs is 3. The molecule has 7 nitrogen and oxygen atoms in total. The van der Waals surface area contributed by atoms with Gasteiger partial charge in [0.1, 0.15) is 18.3 Å². The van der Waals surface area contributed by atoms with Crippen LogP contribution in [-0.4, -0.2) is 41.1 Å². The third-order valence-corrected chi connectivity index (χ3v) is 8.21. The van der Waals surface area contributed by atoms with Crippen molar-refractivity contribution in [2.75, 3.05) is 23.9 Å². The normalized spacial score (nSPS) is 14.1. The number of benzene rings is 3. The first-order valence-electron chi connectivity index (χ1n) is 15.0. The fourth-order valence-corrected chi connectivity index (χ4v) is 5.95. The van der Waals surface area contributed by atoms with Crippen molar-refractivity contribution in [3.05, 3.63) is 107 Å². The summed E-state index contributed by atoms with van der Waals surface area (Å²) < 4.78 is 7.54. The summed E-state index contributed by atoms with van der Waals surface area (Å²) in [4.78, 5) is 31.9. The lowest BCUT2D eigenvalue weighted by Gasteiger charge is -2.40. The van der Waals surface area contributed by atoms with E-state index in [1.165, 1.54) is 0 Å². The molecule has 1 aliphatic heterocycles. The molecule has 1 N–H and O–H groups in total. The second kappa shape index (κ2) is 12.4. The van der Waals surface area contributed by atoms with Crippen molar-refractivity contribution in [3.8, 4) is 11.4 Å². The third-order valence-electron chi connectivity index (χ3n) is 8.21. The second-order valence-corrected chi connectivity index (χ2v) is 12.0. The van der Waals surface area contributed by atoms with Crippen LogP contribution < -0.4 is 15.0 Å². The molecule has 0 aliphatic carbocycles. The van der Waals surface area contributed by atoms with Crippen LogP contribution in [0.3, 0.4) is 0 Å². The summed E-state index contributed by atoms with van der Waals surface area (Å²) in [6.07, 6.45) is 2.03. The lowest BCUT2D eigenvalue weighted by molar-refractivity contribution is -0.119. The van der Waals surface area contributed by atoms with Crippen LogP contribution in [0, 0.1) is 0 Å². The molecule has 2 heterocycles. The maximum atomic E-state index is 14.5. The van der Waals surface area contributed by atoms with Crippen LogP contribution in [-0.2, 0) is 4.79 Å². The van der Waals surface area contributed by atoms with E-state index in [1.807, 2.05) is 91.7 Å². The van der Waals surface area contributed by atoms with Crippen molar-refractivity contribution in [1.82, 2.24) is 9.47 Å². The van der Waals surface area contributed by atoms with Gasteiger partial charge in [0.2, 0.25) is 5.91 Å². The number of anilines is 2. The van der Waals surface area contributed by atoms with Crippen LogP contribution in [0.2, 0.25) is 0 Å². The fraction of sp³-hybridized carbons (Fsp3) is 0.333. The summed E-state index contributed by atoms with van der Waals surface area (Å²) in [5, 5.41) is 3.22. The molecule has 0 radical (unpaired) electrons. The highest BCUT2D eigenvalue weighted by Gasteiger charge is 2.37. The van der Waals surface area contributed by atoms with E-state index < -0.39 is 0 Å². The van der Waals surface area contributed by atoms with E-state index >= 15 is 0 Å². The number of hydrogen-bond acceptors (Lipinski definition) is 3. The van der Waals surface area contributed by atoms with E-state index in [9.17, 15) is 9.59 Å². The van der Waals surface area contributed by atoms with Crippen LogP contribution in [0.15, 0.2) is 85.1 Å². The largest absolute Gasteiger partial charge is 0.497 e. The monoisotopic (exact) mass is 578 g/mol. The van der Waals surface area contributed by atoms with Gasteiger partial charge in [0.05, 0.1) is 24.2 Å². The van der Waals surface area contributed by atoms with Crippen LogP contribution in [0.5, 0.6) is 5.75 Å². The molecule has 0 bridgehead atoms. The Morgan fingerprint density at radius 1 is 0.814 bits per heavy atom. The van der Waals surface area contributed by atoms with E-state index in [-0.39, 0.29) is 42.4 Å². The molecule has 1 aromatic heterocycles. The Morgan fingerprint density at radius 3 is 2.02 bits per heavy atom. The Morgan fingerprint density at radius 2 is 1.44 bits per heavy atom. The van der Waals surface area contributed by atoms with Crippen LogP contribution in [0.1, 0.15) is 81.8 Å². The third kappa shape index (κ3) is 5.76. The first kappa shape index (κ1) is 30.0. The minimum Gasteiger partial charge on any atom is -0.497 e. The first-order chi connectivity index (χ1) is 20.6. The Labute approximate surface area is 255 Å². The van der Waals surface area contributed by atoms with Gasteiger partial charge in [-0.2, -0.15) is 0 Å². The summed E-state index contributed by atoms with van der Waals surface area (Å²) in [5.41, 5.74) is 6.66. The lowest BCUT2D eigenvalue weighted by atomic mass is 9.93. The molecule has 3 amide bonds. The minimum atomic E-state index is -0.380. The fourth-order valence-electron chi connectivity index (χ4n) is 5.95. The number of ether oxygens (including phenoxy) is 1. The maximum Gasteiger partial charge on any atom is 0.322 e. The summed E-state index contributed by atoms with van der Waals surface area (Å²) in [6, 6.07) is 25.1. The zero-order chi connectivity index (χ0) is 30.8. The van der Waals surface area contributed by atoms with Gasteiger partial charge >= 0.3 is 6.03 Å². The van der Waals surface area contributed by atoms with Gasteiger partial charge in [-0.3, -0.25) is 9.69 Å². The molecule has 1 aliphatic rings. The van der Waals surface area contributed by atoms with Crippen molar-refractivity contribution < 1.29 is 14.3 Å². The molecule has 1 unspecified atom stereocenters. The molecule has 0 fully saturated rings.